The topological polar surface area (TPSA) is 78.5 Å². The minimum atomic E-state index is -0.641. The molecule has 2 aromatic carbocycles. The highest BCUT2D eigenvalue weighted by atomic mass is 19.1. The summed E-state index contributed by atoms with van der Waals surface area (Å²) in [6, 6.07) is 10.5. The number of carbonyl (C=O) groups excluding carboxylic acids is 3. The summed E-state index contributed by atoms with van der Waals surface area (Å²) in [5.41, 5.74) is 1.81. The quantitative estimate of drug-likeness (QED) is 0.691. The number of carbonyl (C=O) groups is 3. The van der Waals surface area contributed by atoms with Gasteiger partial charge in [0, 0.05) is 42.7 Å². The molecular formula is C22H23F2N3O3. The normalized spacial score (nSPS) is 13.6. The molecule has 0 aromatic heterocycles. The highest BCUT2D eigenvalue weighted by Crippen LogP contribution is 2.27. The fraction of sp³-hybridized carbons (Fsp3) is 0.318. The van der Waals surface area contributed by atoms with Gasteiger partial charge in [-0.3, -0.25) is 14.4 Å². The first-order chi connectivity index (χ1) is 14.3. The van der Waals surface area contributed by atoms with E-state index >= 15 is 0 Å². The number of amides is 2. The van der Waals surface area contributed by atoms with Crippen LogP contribution in [-0.4, -0.2) is 48.7 Å². The Morgan fingerprint density at radius 3 is 2.37 bits per heavy atom. The third-order valence-corrected chi connectivity index (χ3v) is 4.98. The lowest BCUT2D eigenvalue weighted by Crippen LogP contribution is -2.51. The van der Waals surface area contributed by atoms with E-state index in [1.807, 2.05) is 12.1 Å². The van der Waals surface area contributed by atoms with E-state index in [9.17, 15) is 23.2 Å². The predicted octanol–water partition coefficient (Wildman–Crippen LogP) is 2.00. The number of likely N-dealkylation sites (tertiary alicyclic amines) is 1. The van der Waals surface area contributed by atoms with Crippen LogP contribution in [-0.2, 0) is 16.1 Å². The van der Waals surface area contributed by atoms with Gasteiger partial charge in [-0.2, -0.15) is 0 Å². The second kappa shape index (κ2) is 9.58. The van der Waals surface area contributed by atoms with Crippen LogP contribution in [0.15, 0.2) is 42.5 Å². The lowest BCUT2D eigenvalue weighted by Gasteiger charge is -2.39. The molecule has 6 nitrogen and oxygen atoms in total. The third kappa shape index (κ3) is 5.48. The minimum absolute atomic E-state index is 0.00210. The number of ketones is 1. The summed E-state index contributed by atoms with van der Waals surface area (Å²) in [5.74, 6) is -1.59. The average Bonchev–Trinajstić information content (AvgIpc) is 2.67. The van der Waals surface area contributed by atoms with Gasteiger partial charge >= 0.3 is 0 Å². The molecular weight excluding hydrogens is 392 g/mol. The number of rotatable bonds is 8. The van der Waals surface area contributed by atoms with Crippen LogP contribution in [0.3, 0.4) is 0 Å². The molecule has 0 radical (unpaired) electrons. The van der Waals surface area contributed by atoms with Crippen molar-refractivity contribution in [2.24, 2.45) is 0 Å². The molecule has 8 heteroatoms. The van der Waals surface area contributed by atoms with Gasteiger partial charge in [-0.1, -0.05) is 18.2 Å². The number of benzene rings is 2. The standard InChI is InChI=1S/C22H23F2N3O3/c1-14(28)9-26-22(30)16-4-2-15(3-5-16)18-12-27(13-18)21(29)11-25-10-17-6-7-19(23)8-20(17)24/h2-8,18,25H,9-13H2,1H3,(H,26,30). The van der Waals surface area contributed by atoms with Crippen LogP contribution in [0.1, 0.15) is 34.3 Å². The summed E-state index contributed by atoms with van der Waals surface area (Å²) >= 11 is 0. The molecule has 30 heavy (non-hydrogen) atoms. The Balaban J connectivity index is 1.42. The third-order valence-electron chi connectivity index (χ3n) is 4.98. The van der Waals surface area contributed by atoms with Crippen LogP contribution in [0.2, 0.25) is 0 Å². The van der Waals surface area contributed by atoms with Crippen molar-refractivity contribution in [2.75, 3.05) is 26.2 Å². The summed E-state index contributed by atoms with van der Waals surface area (Å²) in [5, 5.41) is 5.43. The molecule has 0 spiro atoms. The molecule has 0 saturated carbocycles. The first-order valence-corrected chi connectivity index (χ1v) is 9.63. The van der Waals surface area contributed by atoms with Crippen LogP contribution in [0.5, 0.6) is 0 Å². The van der Waals surface area contributed by atoms with E-state index in [-0.39, 0.29) is 43.1 Å². The van der Waals surface area contributed by atoms with E-state index in [2.05, 4.69) is 10.6 Å². The first kappa shape index (κ1) is 21.6. The maximum atomic E-state index is 13.6. The van der Waals surface area contributed by atoms with Crippen molar-refractivity contribution < 1.29 is 23.2 Å². The zero-order valence-corrected chi connectivity index (χ0v) is 16.6. The second-order valence-electron chi connectivity index (χ2n) is 7.34. The van der Waals surface area contributed by atoms with E-state index in [0.29, 0.717) is 24.2 Å². The van der Waals surface area contributed by atoms with E-state index in [1.54, 1.807) is 17.0 Å². The van der Waals surface area contributed by atoms with Gasteiger partial charge in [0.1, 0.15) is 17.4 Å². The maximum Gasteiger partial charge on any atom is 0.251 e. The van der Waals surface area contributed by atoms with Gasteiger partial charge in [0.25, 0.3) is 5.91 Å². The zero-order chi connectivity index (χ0) is 21.7. The monoisotopic (exact) mass is 415 g/mol. The molecule has 1 aliphatic heterocycles. The summed E-state index contributed by atoms with van der Waals surface area (Å²) < 4.78 is 26.5. The summed E-state index contributed by atoms with van der Waals surface area (Å²) in [4.78, 5) is 36.8. The minimum Gasteiger partial charge on any atom is -0.345 e. The number of halogens is 2. The number of Topliss-reactive ketones (excluding diaryl/α,β-unsaturated/α-hetero) is 1. The van der Waals surface area contributed by atoms with Crippen molar-refractivity contribution in [1.82, 2.24) is 15.5 Å². The molecule has 3 rings (SSSR count). The molecule has 158 valence electrons. The van der Waals surface area contributed by atoms with E-state index in [0.717, 1.165) is 11.6 Å². The summed E-state index contributed by atoms with van der Waals surface area (Å²) in [6.07, 6.45) is 0. The number of nitrogens with zero attached hydrogens (tertiary/aromatic N) is 1. The fourth-order valence-corrected chi connectivity index (χ4v) is 3.19. The SMILES string of the molecule is CC(=O)CNC(=O)c1ccc(C2CN(C(=O)CNCc3ccc(F)cc3F)C2)cc1. The Morgan fingerprint density at radius 2 is 1.73 bits per heavy atom. The average molecular weight is 415 g/mol. The Kier molecular flexibility index (Phi) is 6.89. The second-order valence-corrected chi connectivity index (χ2v) is 7.34. The Hall–Kier alpha value is -3.13. The highest BCUT2D eigenvalue weighted by molar-refractivity contribution is 5.96. The van der Waals surface area contributed by atoms with Gasteiger partial charge in [-0.05, 0) is 30.7 Å². The van der Waals surface area contributed by atoms with E-state index in [4.69, 9.17) is 0 Å². The van der Waals surface area contributed by atoms with Crippen LogP contribution < -0.4 is 10.6 Å². The first-order valence-electron chi connectivity index (χ1n) is 9.63. The van der Waals surface area contributed by atoms with Crippen molar-refractivity contribution >= 4 is 17.6 Å². The predicted molar refractivity (Wildman–Crippen MR) is 107 cm³/mol. The smallest absolute Gasteiger partial charge is 0.251 e. The molecule has 2 N–H and O–H groups in total. The molecule has 0 unspecified atom stereocenters. The van der Waals surface area contributed by atoms with Crippen LogP contribution in [0, 0.1) is 11.6 Å². The van der Waals surface area contributed by atoms with Crippen molar-refractivity contribution in [1.29, 1.82) is 0 Å². The van der Waals surface area contributed by atoms with Crippen molar-refractivity contribution in [3.63, 3.8) is 0 Å². The molecule has 0 aliphatic carbocycles. The maximum absolute atomic E-state index is 13.6. The Bertz CT molecular complexity index is 941. The Labute approximate surface area is 173 Å². The molecule has 2 amide bonds. The lowest BCUT2D eigenvalue weighted by atomic mass is 9.90. The van der Waals surface area contributed by atoms with Crippen molar-refractivity contribution in [2.45, 2.75) is 19.4 Å². The molecule has 2 aromatic rings. The molecule has 0 atom stereocenters. The van der Waals surface area contributed by atoms with Gasteiger partial charge < -0.3 is 15.5 Å². The summed E-state index contributed by atoms with van der Waals surface area (Å²) in [6.45, 7) is 2.76. The van der Waals surface area contributed by atoms with Crippen molar-refractivity contribution in [3.05, 3.63) is 70.8 Å². The van der Waals surface area contributed by atoms with Gasteiger partial charge in [-0.15, -0.1) is 0 Å². The summed E-state index contributed by atoms with van der Waals surface area (Å²) in [7, 11) is 0. The molecule has 1 aliphatic rings. The highest BCUT2D eigenvalue weighted by Gasteiger charge is 2.31. The van der Waals surface area contributed by atoms with Gasteiger partial charge in [0.2, 0.25) is 5.91 Å². The van der Waals surface area contributed by atoms with Gasteiger partial charge in [0.05, 0.1) is 13.1 Å². The number of hydrogen-bond donors (Lipinski definition) is 2. The van der Waals surface area contributed by atoms with Gasteiger partial charge in [0.15, 0.2) is 0 Å². The van der Waals surface area contributed by atoms with Crippen molar-refractivity contribution in [3.8, 4) is 0 Å². The number of nitrogens with one attached hydrogen (secondary N) is 2. The van der Waals surface area contributed by atoms with Gasteiger partial charge in [-0.25, -0.2) is 8.78 Å². The largest absolute Gasteiger partial charge is 0.345 e. The van der Waals surface area contributed by atoms with Crippen LogP contribution in [0.25, 0.3) is 0 Å². The molecule has 1 fully saturated rings. The molecule has 1 saturated heterocycles. The zero-order valence-electron chi connectivity index (χ0n) is 16.6. The van der Waals surface area contributed by atoms with E-state index in [1.165, 1.54) is 19.1 Å². The van der Waals surface area contributed by atoms with Crippen LogP contribution in [0.4, 0.5) is 8.78 Å². The Morgan fingerprint density at radius 1 is 1.03 bits per heavy atom. The lowest BCUT2D eigenvalue weighted by molar-refractivity contribution is -0.134. The molecule has 1 heterocycles. The molecule has 0 bridgehead atoms. The fourth-order valence-electron chi connectivity index (χ4n) is 3.19. The van der Waals surface area contributed by atoms with Crippen LogP contribution >= 0.6 is 0 Å². The number of hydrogen-bond acceptors (Lipinski definition) is 4. The van der Waals surface area contributed by atoms with E-state index < -0.39 is 11.6 Å².